The Labute approximate surface area is 185 Å². The van der Waals surface area contributed by atoms with Crippen LogP contribution in [0.3, 0.4) is 0 Å². The van der Waals surface area contributed by atoms with E-state index in [4.69, 9.17) is 9.47 Å². The highest BCUT2D eigenvalue weighted by molar-refractivity contribution is 5.87. The highest BCUT2D eigenvalue weighted by Gasteiger charge is 2.26. The zero-order chi connectivity index (χ0) is 22.8. The van der Waals surface area contributed by atoms with Gasteiger partial charge in [-0.05, 0) is 54.7 Å². The molecule has 0 heterocycles. The minimum absolute atomic E-state index is 0.135. The number of ether oxygens (including phenoxy) is 2. The van der Waals surface area contributed by atoms with Crippen LogP contribution in [0.25, 0.3) is 0 Å². The molecule has 1 atom stereocenters. The van der Waals surface area contributed by atoms with E-state index in [1.165, 1.54) is 5.56 Å². The van der Waals surface area contributed by atoms with Crippen LogP contribution in [-0.4, -0.2) is 43.0 Å². The molecule has 0 bridgehead atoms. The van der Waals surface area contributed by atoms with Gasteiger partial charge in [-0.2, -0.15) is 0 Å². The third kappa shape index (κ3) is 7.63. The standard InChI is InChI=1S/C25H34N2O4/c1-6-20-7-13-23(14-8-20)31-17-24(28)27(19(4)25(29)26-15-18(2)3)16-21-9-11-22(30-5)12-10-21/h7-14,18-19H,6,15-17H2,1-5H3,(H,26,29). The first-order chi connectivity index (χ1) is 14.8. The number of benzene rings is 2. The molecule has 1 unspecified atom stereocenters. The van der Waals surface area contributed by atoms with E-state index in [-0.39, 0.29) is 18.4 Å². The molecular formula is C25H34N2O4. The van der Waals surface area contributed by atoms with Crippen LogP contribution in [0.15, 0.2) is 48.5 Å². The zero-order valence-electron chi connectivity index (χ0n) is 19.2. The molecule has 0 aliphatic carbocycles. The molecule has 168 valence electrons. The molecule has 2 amide bonds. The molecule has 2 rings (SSSR count). The topological polar surface area (TPSA) is 67.9 Å². The molecule has 0 spiro atoms. The van der Waals surface area contributed by atoms with Gasteiger partial charge in [-0.15, -0.1) is 0 Å². The van der Waals surface area contributed by atoms with E-state index in [1.54, 1.807) is 18.9 Å². The molecular weight excluding hydrogens is 392 g/mol. The summed E-state index contributed by atoms with van der Waals surface area (Å²) in [6.07, 6.45) is 0.942. The lowest BCUT2D eigenvalue weighted by Gasteiger charge is -2.29. The second-order valence-corrected chi connectivity index (χ2v) is 7.97. The number of hydrogen-bond donors (Lipinski definition) is 1. The normalized spacial score (nSPS) is 11.7. The van der Waals surface area contributed by atoms with Gasteiger partial charge < -0.3 is 19.7 Å². The monoisotopic (exact) mass is 426 g/mol. The van der Waals surface area contributed by atoms with Gasteiger partial charge in [0.05, 0.1) is 7.11 Å². The summed E-state index contributed by atoms with van der Waals surface area (Å²) in [5, 5.41) is 2.91. The van der Waals surface area contributed by atoms with Gasteiger partial charge in [0.2, 0.25) is 5.91 Å². The van der Waals surface area contributed by atoms with Crippen molar-refractivity contribution in [3.8, 4) is 11.5 Å². The molecule has 0 aliphatic rings. The minimum atomic E-state index is -0.626. The number of methoxy groups -OCH3 is 1. The summed E-state index contributed by atoms with van der Waals surface area (Å²) in [6, 6.07) is 14.5. The van der Waals surface area contributed by atoms with Crippen LogP contribution < -0.4 is 14.8 Å². The first kappa shape index (κ1) is 24.3. The Bertz CT molecular complexity index is 832. The second-order valence-electron chi connectivity index (χ2n) is 7.97. The molecule has 0 aromatic heterocycles. The Kier molecular flexibility index (Phi) is 9.38. The SMILES string of the molecule is CCc1ccc(OCC(=O)N(Cc2ccc(OC)cc2)C(C)C(=O)NCC(C)C)cc1. The number of aryl methyl sites for hydroxylation is 1. The fourth-order valence-corrected chi connectivity index (χ4v) is 3.01. The van der Waals surface area contributed by atoms with E-state index in [0.717, 1.165) is 17.7 Å². The first-order valence-electron chi connectivity index (χ1n) is 10.8. The molecule has 0 saturated heterocycles. The van der Waals surface area contributed by atoms with Gasteiger partial charge in [-0.1, -0.05) is 45.0 Å². The quantitative estimate of drug-likeness (QED) is 0.593. The van der Waals surface area contributed by atoms with Crippen molar-refractivity contribution in [1.82, 2.24) is 10.2 Å². The molecule has 0 radical (unpaired) electrons. The molecule has 6 nitrogen and oxygen atoms in total. The average Bonchev–Trinajstić information content (AvgIpc) is 2.79. The number of carbonyl (C=O) groups excluding carboxylic acids is 2. The van der Waals surface area contributed by atoms with Crippen LogP contribution in [-0.2, 0) is 22.6 Å². The van der Waals surface area contributed by atoms with Crippen molar-refractivity contribution in [2.75, 3.05) is 20.3 Å². The summed E-state index contributed by atoms with van der Waals surface area (Å²) >= 11 is 0. The van der Waals surface area contributed by atoms with Crippen LogP contribution in [0.5, 0.6) is 11.5 Å². The largest absolute Gasteiger partial charge is 0.497 e. The Morgan fingerprint density at radius 3 is 2.06 bits per heavy atom. The molecule has 0 aliphatic heterocycles. The first-order valence-corrected chi connectivity index (χ1v) is 10.8. The molecule has 6 heteroatoms. The third-order valence-electron chi connectivity index (χ3n) is 5.06. The Hall–Kier alpha value is -3.02. The van der Waals surface area contributed by atoms with Crippen LogP contribution in [0, 0.1) is 5.92 Å². The van der Waals surface area contributed by atoms with Crippen molar-refractivity contribution in [1.29, 1.82) is 0 Å². The summed E-state index contributed by atoms with van der Waals surface area (Å²) in [5.74, 6) is 1.27. The highest BCUT2D eigenvalue weighted by atomic mass is 16.5. The average molecular weight is 427 g/mol. The maximum absolute atomic E-state index is 13.0. The van der Waals surface area contributed by atoms with Gasteiger partial charge in [-0.3, -0.25) is 9.59 Å². The van der Waals surface area contributed by atoms with E-state index < -0.39 is 6.04 Å². The van der Waals surface area contributed by atoms with Crippen molar-refractivity contribution in [2.45, 2.75) is 46.7 Å². The van der Waals surface area contributed by atoms with Gasteiger partial charge in [-0.25, -0.2) is 0 Å². The van der Waals surface area contributed by atoms with Crippen molar-refractivity contribution < 1.29 is 19.1 Å². The smallest absolute Gasteiger partial charge is 0.261 e. The summed E-state index contributed by atoms with van der Waals surface area (Å²) in [7, 11) is 1.61. The van der Waals surface area contributed by atoms with E-state index in [0.29, 0.717) is 24.8 Å². The van der Waals surface area contributed by atoms with Crippen molar-refractivity contribution in [2.24, 2.45) is 5.92 Å². The van der Waals surface area contributed by atoms with Crippen LogP contribution in [0.4, 0.5) is 0 Å². The van der Waals surface area contributed by atoms with Crippen molar-refractivity contribution in [3.05, 3.63) is 59.7 Å². The van der Waals surface area contributed by atoms with E-state index in [2.05, 4.69) is 12.2 Å². The van der Waals surface area contributed by atoms with Gasteiger partial charge >= 0.3 is 0 Å². The summed E-state index contributed by atoms with van der Waals surface area (Å²) in [4.78, 5) is 27.3. The Morgan fingerprint density at radius 2 is 1.52 bits per heavy atom. The van der Waals surface area contributed by atoms with Crippen LogP contribution in [0.1, 0.15) is 38.8 Å². The van der Waals surface area contributed by atoms with Crippen molar-refractivity contribution >= 4 is 11.8 Å². The molecule has 0 saturated carbocycles. The predicted molar refractivity (Wildman–Crippen MR) is 122 cm³/mol. The van der Waals surface area contributed by atoms with Gasteiger partial charge in [0.25, 0.3) is 5.91 Å². The Balaban J connectivity index is 2.11. The Morgan fingerprint density at radius 1 is 0.935 bits per heavy atom. The fraction of sp³-hybridized carbons (Fsp3) is 0.440. The summed E-state index contributed by atoms with van der Waals surface area (Å²) < 4.78 is 10.9. The maximum Gasteiger partial charge on any atom is 0.261 e. The number of hydrogen-bond acceptors (Lipinski definition) is 4. The molecule has 1 N–H and O–H groups in total. The minimum Gasteiger partial charge on any atom is -0.497 e. The lowest BCUT2D eigenvalue weighted by Crippen LogP contribution is -2.49. The van der Waals surface area contributed by atoms with Gasteiger partial charge in [0, 0.05) is 13.1 Å². The predicted octanol–water partition coefficient (Wildman–Crippen LogP) is 3.83. The van der Waals surface area contributed by atoms with Crippen LogP contribution >= 0.6 is 0 Å². The van der Waals surface area contributed by atoms with Crippen LogP contribution in [0.2, 0.25) is 0 Å². The summed E-state index contributed by atoms with van der Waals surface area (Å²) in [6.45, 7) is 8.62. The molecule has 2 aromatic rings. The van der Waals surface area contributed by atoms with E-state index in [9.17, 15) is 9.59 Å². The van der Waals surface area contributed by atoms with Crippen molar-refractivity contribution in [3.63, 3.8) is 0 Å². The molecule has 31 heavy (non-hydrogen) atoms. The third-order valence-corrected chi connectivity index (χ3v) is 5.06. The number of amides is 2. The van der Waals surface area contributed by atoms with E-state index in [1.807, 2.05) is 62.4 Å². The molecule has 0 fully saturated rings. The summed E-state index contributed by atoms with van der Waals surface area (Å²) in [5.41, 5.74) is 2.11. The zero-order valence-corrected chi connectivity index (χ0v) is 19.2. The fourth-order valence-electron chi connectivity index (χ4n) is 3.01. The lowest BCUT2D eigenvalue weighted by atomic mass is 10.1. The molecule has 2 aromatic carbocycles. The van der Waals surface area contributed by atoms with Gasteiger partial charge in [0.15, 0.2) is 6.61 Å². The number of nitrogens with zero attached hydrogens (tertiary/aromatic N) is 1. The second kappa shape index (κ2) is 12.0. The number of carbonyl (C=O) groups is 2. The lowest BCUT2D eigenvalue weighted by molar-refractivity contribution is -0.142. The number of rotatable bonds is 11. The highest BCUT2D eigenvalue weighted by Crippen LogP contribution is 2.16. The van der Waals surface area contributed by atoms with E-state index >= 15 is 0 Å². The number of nitrogens with one attached hydrogen (secondary N) is 1. The maximum atomic E-state index is 13.0. The van der Waals surface area contributed by atoms with Gasteiger partial charge in [0.1, 0.15) is 17.5 Å².